The van der Waals surface area contributed by atoms with E-state index in [9.17, 15) is 25.4 Å². The second-order valence-corrected chi connectivity index (χ2v) is 8.19. The Balaban J connectivity index is 1.83. The first-order valence-corrected chi connectivity index (χ1v) is 10.6. The second kappa shape index (κ2) is 7.95. The van der Waals surface area contributed by atoms with Crippen molar-refractivity contribution in [1.82, 2.24) is 4.98 Å². The number of nitro benzene ring substituents is 1. The number of anilines is 1. The van der Waals surface area contributed by atoms with Gasteiger partial charge in [-0.3, -0.25) is 14.9 Å². The highest BCUT2D eigenvalue weighted by atomic mass is 16.6. The van der Waals surface area contributed by atoms with E-state index in [2.05, 4.69) is 17.1 Å². The fourth-order valence-electron chi connectivity index (χ4n) is 5.12. The molecule has 0 N–H and O–H groups in total. The fraction of sp³-hybridized carbons (Fsp3) is 0.154. The quantitative estimate of drug-likeness (QED) is 0.332. The maximum Gasteiger partial charge on any atom is 0.273 e. The number of fused-ring (bicyclic) bond motifs is 3. The number of hydrogen-bond acceptors (Lipinski definition) is 7. The van der Waals surface area contributed by atoms with E-state index in [1.807, 2.05) is 6.07 Å². The number of carbonyl (C=O) groups excluding carboxylic acids is 1. The van der Waals surface area contributed by atoms with Gasteiger partial charge in [-0.05, 0) is 12.1 Å². The maximum absolute atomic E-state index is 14.0. The average molecular weight is 447 g/mol. The molecule has 0 aliphatic carbocycles. The minimum absolute atomic E-state index is 0.171. The number of aromatic nitrogens is 1. The number of nitriles is 2. The molecule has 0 saturated carbocycles. The molecule has 0 radical (unpaired) electrons. The van der Waals surface area contributed by atoms with Gasteiger partial charge in [0.05, 0.1) is 29.0 Å². The molecule has 34 heavy (non-hydrogen) atoms. The summed E-state index contributed by atoms with van der Waals surface area (Å²) in [6, 6.07) is 20.6. The molecule has 2 aliphatic rings. The van der Waals surface area contributed by atoms with E-state index in [0.29, 0.717) is 11.4 Å². The topological polar surface area (TPSA) is 124 Å². The molecule has 0 bridgehead atoms. The molecule has 3 unspecified atom stereocenters. The van der Waals surface area contributed by atoms with Gasteiger partial charge in [-0.15, -0.1) is 0 Å². The first-order valence-electron chi connectivity index (χ1n) is 10.6. The van der Waals surface area contributed by atoms with Crippen LogP contribution >= 0.6 is 0 Å². The lowest BCUT2D eigenvalue weighted by molar-refractivity contribution is -0.385. The van der Waals surface area contributed by atoms with Crippen molar-refractivity contribution in [2.24, 2.45) is 5.41 Å². The van der Waals surface area contributed by atoms with Gasteiger partial charge in [0, 0.05) is 29.0 Å². The maximum atomic E-state index is 14.0. The summed E-state index contributed by atoms with van der Waals surface area (Å²) in [7, 11) is 0. The lowest BCUT2D eigenvalue weighted by Gasteiger charge is -2.34. The van der Waals surface area contributed by atoms with Crippen molar-refractivity contribution < 1.29 is 9.72 Å². The number of carbonyl (C=O) groups is 1. The number of pyridine rings is 1. The van der Waals surface area contributed by atoms with Gasteiger partial charge in [0.1, 0.15) is 11.9 Å². The van der Waals surface area contributed by atoms with E-state index < -0.39 is 28.3 Å². The lowest BCUT2D eigenvalue weighted by atomic mass is 9.68. The molecule has 1 fully saturated rings. The van der Waals surface area contributed by atoms with Gasteiger partial charge in [-0.1, -0.05) is 60.7 Å². The Labute approximate surface area is 195 Å². The summed E-state index contributed by atoms with van der Waals surface area (Å²) < 4.78 is 0. The summed E-state index contributed by atoms with van der Waals surface area (Å²) in [4.78, 5) is 31.6. The number of rotatable bonds is 4. The van der Waals surface area contributed by atoms with Gasteiger partial charge in [0.2, 0.25) is 0 Å². The summed E-state index contributed by atoms with van der Waals surface area (Å²) in [6.07, 6.45) is 5.08. The summed E-state index contributed by atoms with van der Waals surface area (Å²) in [5.74, 6) is -0.979. The summed E-state index contributed by atoms with van der Waals surface area (Å²) in [5.41, 5.74) is -0.720. The predicted molar refractivity (Wildman–Crippen MR) is 124 cm³/mol. The Kier molecular flexibility index (Phi) is 4.92. The van der Waals surface area contributed by atoms with Crippen LogP contribution in [0.1, 0.15) is 27.4 Å². The zero-order valence-electron chi connectivity index (χ0n) is 17.8. The van der Waals surface area contributed by atoms with Gasteiger partial charge in [0.25, 0.3) is 5.69 Å². The molecule has 3 atom stereocenters. The van der Waals surface area contributed by atoms with Crippen LogP contribution < -0.4 is 4.90 Å². The van der Waals surface area contributed by atoms with Gasteiger partial charge >= 0.3 is 0 Å². The number of para-hydroxylation sites is 1. The third-order valence-electron chi connectivity index (χ3n) is 6.56. The fourth-order valence-corrected chi connectivity index (χ4v) is 5.12. The highest BCUT2D eigenvalue weighted by Gasteiger charge is 2.64. The zero-order chi connectivity index (χ0) is 23.9. The van der Waals surface area contributed by atoms with Crippen LogP contribution in [0.2, 0.25) is 0 Å². The molecule has 3 aromatic rings. The molecule has 164 valence electrons. The van der Waals surface area contributed by atoms with Crippen LogP contribution in [0.25, 0.3) is 6.08 Å². The summed E-state index contributed by atoms with van der Waals surface area (Å²) in [6.45, 7) is 0. The molecule has 8 nitrogen and oxygen atoms in total. The van der Waals surface area contributed by atoms with E-state index in [0.717, 1.165) is 5.56 Å². The second-order valence-electron chi connectivity index (χ2n) is 8.19. The summed E-state index contributed by atoms with van der Waals surface area (Å²) in [5, 5.41) is 32.7. The van der Waals surface area contributed by atoms with E-state index >= 15 is 0 Å². The van der Waals surface area contributed by atoms with Crippen molar-refractivity contribution >= 4 is 23.4 Å². The van der Waals surface area contributed by atoms with E-state index in [1.165, 1.54) is 18.2 Å². The molecular formula is C26H17N5O3. The average Bonchev–Trinajstić information content (AvgIpc) is 3.19. The number of hydrogen-bond donors (Lipinski definition) is 0. The Morgan fingerprint density at radius 2 is 1.74 bits per heavy atom. The highest BCUT2D eigenvalue weighted by molar-refractivity contribution is 6.04. The molecule has 0 spiro atoms. The standard InChI is InChI=1S/C26H17N5O3/c27-15-26(16-28)21-13-12-18-9-6-14-29-25(18)30(21)23(24(32)17-7-2-1-3-8-17)22(26)19-10-4-5-11-20(19)31(33)34/h1-14,21-23H. The minimum atomic E-state index is -1.77. The van der Waals surface area contributed by atoms with Gasteiger partial charge in [0.15, 0.2) is 11.2 Å². The van der Waals surface area contributed by atoms with Crippen LogP contribution in [0, 0.1) is 38.2 Å². The molecule has 1 saturated heterocycles. The smallest absolute Gasteiger partial charge is 0.273 e. The van der Waals surface area contributed by atoms with Crippen molar-refractivity contribution in [2.45, 2.75) is 18.0 Å². The van der Waals surface area contributed by atoms with Crippen LogP contribution in [0.4, 0.5) is 11.5 Å². The third-order valence-corrected chi connectivity index (χ3v) is 6.56. The van der Waals surface area contributed by atoms with Crippen molar-refractivity contribution in [3.05, 3.63) is 106 Å². The number of ketones is 1. The predicted octanol–water partition coefficient (Wildman–Crippen LogP) is 4.27. The largest absolute Gasteiger partial charge is 0.336 e. The molecular weight excluding hydrogens is 430 g/mol. The SMILES string of the molecule is N#CC1(C#N)C(c2ccccc2[N+](=O)[O-])C(C(=O)c2ccccc2)N2c3ncccc3C=CC21. The third kappa shape index (κ3) is 2.90. The van der Waals surface area contributed by atoms with Gasteiger partial charge < -0.3 is 4.90 Å². The van der Waals surface area contributed by atoms with Gasteiger partial charge in [-0.2, -0.15) is 10.5 Å². The molecule has 1 aromatic heterocycles. The Hall–Kier alpha value is -4.82. The minimum Gasteiger partial charge on any atom is -0.336 e. The molecule has 0 amide bonds. The number of benzene rings is 2. The van der Waals surface area contributed by atoms with Crippen molar-refractivity contribution in [1.29, 1.82) is 10.5 Å². The van der Waals surface area contributed by atoms with E-state index in [4.69, 9.17) is 0 Å². The summed E-state index contributed by atoms with van der Waals surface area (Å²) >= 11 is 0. The van der Waals surface area contributed by atoms with Crippen molar-refractivity contribution in [3.63, 3.8) is 0 Å². The molecule has 2 aliphatic heterocycles. The molecule has 5 rings (SSSR count). The van der Waals surface area contributed by atoms with Crippen LogP contribution in [0.3, 0.4) is 0 Å². The zero-order valence-corrected chi connectivity index (χ0v) is 17.8. The first-order chi connectivity index (χ1) is 16.5. The molecule has 3 heterocycles. The lowest BCUT2D eigenvalue weighted by Crippen LogP contribution is -2.44. The Bertz CT molecular complexity index is 1410. The number of nitrogens with zero attached hydrogens (tertiary/aromatic N) is 5. The first kappa shape index (κ1) is 21.0. The molecule has 8 heteroatoms. The number of nitro groups is 1. The van der Waals surface area contributed by atoms with Crippen molar-refractivity contribution in [2.75, 3.05) is 4.90 Å². The molecule has 2 aromatic carbocycles. The van der Waals surface area contributed by atoms with E-state index in [-0.39, 0.29) is 17.0 Å². The van der Waals surface area contributed by atoms with E-state index in [1.54, 1.807) is 65.7 Å². The number of Topliss-reactive ketones (excluding diaryl/α,β-unsaturated/α-hetero) is 1. The van der Waals surface area contributed by atoms with Crippen LogP contribution in [-0.4, -0.2) is 27.8 Å². The van der Waals surface area contributed by atoms with Crippen LogP contribution in [0.15, 0.2) is 79.0 Å². The Morgan fingerprint density at radius 3 is 2.44 bits per heavy atom. The van der Waals surface area contributed by atoms with Crippen molar-refractivity contribution in [3.8, 4) is 12.1 Å². The normalized spacial score (nSPS) is 21.6. The monoisotopic (exact) mass is 447 g/mol. The van der Waals surface area contributed by atoms with Gasteiger partial charge in [-0.25, -0.2) is 4.98 Å². The van der Waals surface area contributed by atoms with Crippen LogP contribution in [0.5, 0.6) is 0 Å². The highest BCUT2D eigenvalue weighted by Crippen LogP contribution is 2.56. The Morgan fingerprint density at radius 1 is 1.03 bits per heavy atom. The van der Waals surface area contributed by atoms with Crippen LogP contribution in [-0.2, 0) is 0 Å².